The lowest BCUT2D eigenvalue weighted by atomic mass is 9.78. The Hall–Kier alpha value is -1.25. The van der Waals surface area contributed by atoms with Gasteiger partial charge in [-0.15, -0.1) is 0 Å². The molecular formula is C6H7BN2O2. The Morgan fingerprint density at radius 1 is 1.64 bits per heavy atom. The van der Waals surface area contributed by atoms with Gasteiger partial charge in [-0.3, -0.25) is 0 Å². The van der Waals surface area contributed by atoms with E-state index in [4.69, 9.17) is 15.3 Å². The Kier molecular flexibility index (Phi) is 2.31. The predicted molar refractivity (Wildman–Crippen MR) is 40.0 cm³/mol. The van der Waals surface area contributed by atoms with Gasteiger partial charge >= 0.3 is 7.12 Å². The highest BCUT2D eigenvalue weighted by molar-refractivity contribution is 6.51. The van der Waals surface area contributed by atoms with E-state index >= 15 is 0 Å². The van der Waals surface area contributed by atoms with Gasteiger partial charge in [0.25, 0.3) is 0 Å². The van der Waals surface area contributed by atoms with E-state index < -0.39 is 7.12 Å². The molecule has 0 unspecified atom stereocenters. The molecule has 0 spiro atoms. The lowest BCUT2D eigenvalue weighted by Gasteiger charge is -2.09. The molecule has 0 aromatic carbocycles. The minimum Gasteiger partial charge on any atom is -0.423 e. The summed E-state index contributed by atoms with van der Waals surface area (Å²) in [5, 5.41) is 28.6. The van der Waals surface area contributed by atoms with Crippen LogP contribution in [-0.2, 0) is 0 Å². The van der Waals surface area contributed by atoms with E-state index in [0.717, 1.165) is 0 Å². The summed E-state index contributed by atoms with van der Waals surface area (Å²) in [6.07, 6.45) is 2.94. The van der Waals surface area contributed by atoms with Crippen molar-refractivity contribution in [2.75, 3.05) is 6.54 Å². The molecule has 0 aliphatic carbocycles. The molecule has 11 heavy (non-hydrogen) atoms. The molecule has 1 aliphatic rings. The van der Waals surface area contributed by atoms with Crippen LogP contribution in [0.25, 0.3) is 0 Å². The number of nitrogens with one attached hydrogen (secondary N) is 1. The quantitative estimate of drug-likeness (QED) is 0.416. The predicted octanol–water partition coefficient (Wildman–Crippen LogP) is -1.06. The lowest BCUT2D eigenvalue weighted by molar-refractivity contribution is 0.420. The van der Waals surface area contributed by atoms with Crippen molar-refractivity contribution >= 4 is 7.12 Å². The lowest BCUT2D eigenvalue weighted by Crippen LogP contribution is -2.22. The Balaban J connectivity index is 2.78. The Morgan fingerprint density at radius 3 is 2.91 bits per heavy atom. The number of dihydropyridines is 1. The fraction of sp³-hybridized carbons (Fsp3) is 0.167. The summed E-state index contributed by atoms with van der Waals surface area (Å²) in [5.41, 5.74) is 0.809. The summed E-state index contributed by atoms with van der Waals surface area (Å²) in [7, 11) is -1.51. The molecule has 0 amide bonds. The second-order valence-electron chi connectivity index (χ2n) is 2.18. The molecule has 0 saturated heterocycles. The highest BCUT2D eigenvalue weighted by atomic mass is 16.4. The minimum absolute atomic E-state index is 0.313. The zero-order valence-electron chi connectivity index (χ0n) is 5.78. The summed E-state index contributed by atoms with van der Waals surface area (Å²) >= 11 is 0. The van der Waals surface area contributed by atoms with E-state index in [1.807, 2.05) is 6.07 Å². The van der Waals surface area contributed by atoms with Crippen LogP contribution in [0.2, 0.25) is 0 Å². The average Bonchev–Trinajstić information content (AvgIpc) is 2.05. The van der Waals surface area contributed by atoms with Crippen LogP contribution in [0.5, 0.6) is 0 Å². The van der Waals surface area contributed by atoms with Crippen molar-refractivity contribution in [3.05, 3.63) is 23.3 Å². The van der Waals surface area contributed by atoms with E-state index in [1.165, 1.54) is 12.3 Å². The Labute approximate surface area is 64.6 Å². The van der Waals surface area contributed by atoms with Gasteiger partial charge in [0.2, 0.25) is 0 Å². The van der Waals surface area contributed by atoms with Gasteiger partial charge in [0, 0.05) is 12.1 Å². The highest BCUT2D eigenvalue weighted by Crippen LogP contribution is 2.06. The van der Waals surface area contributed by atoms with Gasteiger partial charge in [0.15, 0.2) is 0 Å². The standard InChI is InChI=1S/C6H7BN2O2/c8-2-5-1-6(7(10)11)4-9-3-5/h1,4,9-11H,3H2. The van der Waals surface area contributed by atoms with Gasteiger partial charge in [-0.1, -0.05) is 0 Å². The number of allylic oxidation sites excluding steroid dienone is 2. The molecule has 1 heterocycles. The molecule has 3 N–H and O–H groups in total. The van der Waals surface area contributed by atoms with Crippen molar-refractivity contribution in [2.45, 2.75) is 0 Å². The molecule has 0 atom stereocenters. The van der Waals surface area contributed by atoms with Crippen LogP contribution in [0.15, 0.2) is 23.3 Å². The molecule has 0 aromatic rings. The van der Waals surface area contributed by atoms with Crippen LogP contribution >= 0.6 is 0 Å². The van der Waals surface area contributed by atoms with Crippen LogP contribution in [0.1, 0.15) is 0 Å². The van der Waals surface area contributed by atoms with Gasteiger partial charge in [-0.25, -0.2) is 0 Å². The number of rotatable bonds is 1. The maximum Gasteiger partial charge on any atom is 0.489 e. The Bertz CT molecular complexity index is 252. The molecule has 0 bridgehead atoms. The molecule has 1 rings (SSSR count). The van der Waals surface area contributed by atoms with Crippen LogP contribution in [0, 0.1) is 11.3 Å². The summed E-state index contributed by atoms with van der Waals surface area (Å²) in [4.78, 5) is 0. The van der Waals surface area contributed by atoms with E-state index in [2.05, 4.69) is 5.32 Å². The molecule has 4 nitrogen and oxygen atoms in total. The zero-order chi connectivity index (χ0) is 8.27. The molecule has 0 aromatic heterocycles. The summed E-state index contributed by atoms with van der Waals surface area (Å²) in [5.74, 6) is 0. The van der Waals surface area contributed by atoms with Crippen molar-refractivity contribution in [1.29, 1.82) is 5.26 Å². The number of hydrogen-bond donors (Lipinski definition) is 3. The van der Waals surface area contributed by atoms with E-state index in [9.17, 15) is 0 Å². The van der Waals surface area contributed by atoms with Gasteiger partial charge in [0.1, 0.15) is 0 Å². The second-order valence-corrected chi connectivity index (χ2v) is 2.18. The fourth-order valence-electron chi connectivity index (χ4n) is 0.794. The maximum absolute atomic E-state index is 8.68. The fourth-order valence-corrected chi connectivity index (χ4v) is 0.794. The molecule has 5 heteroatoms. The van der Waals surface area contributed by atoms with Gasteiger partial charge in [-0.05, 0) is 17.7 Å². The molecule has 0 fully saturated rings. The third kappa shape index (κ3) is 1.83. The van der Waals surface area contributed by atoms with Crippen molar-refractivity contribution < 1.29 is 10.0 Å². The number of nitrogens with zero attached hydrogens (tertiary/aromatic N) is 1. The van der Waals surface area contributed by atoms with Crippen LogP contribution in [0.4, 0.5) is 0 Å². The highest BCUT2D eigenvalue weighted by Gasteiger charge is 2.15. The maximum atomic E-state index is 8.68. The average molecular weight is 150 g/mol. The first kappa shape index (κ1) is 7.86. The summed E-state index contributed by atoms with van der Waals surface area (Å²) in [6, 6.07) is 1.92. The minimum atomic E-state index is -1.51. The molecule has 1 aliphatic heterocycles. The monoisotopic (exact) mass is 150 g/mol. The second kappa shape index (κ2) is 3.24. The first-order valence-corrected chi connectivity index (χ1v) is 3.14. The van der Waals surface area contributed by atoms with Crippen molar-refractivity contribution in [1.82, 2.24) is 5.32 Å². The van der Waals surface area contributed by atoms with Gasteiger partial charge in [-0.2, -0.15) is 5.26 Å². The third-order valence-corrected chi connectivity index (χ3v) is 1.34. The molecule has 0 saturated carbocycles. The number of hydrogen-bond acceptors (Lipinski definition) is 4. The van der Waals surface area contributed by atoms with Gasteiger partial charge in [0.05, 0.1) is 6.07 Å². The summed E-state index contributed by atoms with van der Waals surface area (Å²) < 4.78 is 0. The topological polar surface area (TPSA) is 76.3 Å². The molecular weight excluding hydrogens is 143 g/mol. The zero-order valence-corrected chi connectivity index (χ0v) is 5.78. The normalized spacial score (nSPS) is 15.7. The van der Waals surface area contributed by atoms with Crippen molar-refractivity contribution in [2.24, 2.45) is 0 Å². The van der Waals surface area contributed by atoms with Crippen molar-refractivity contribution in [3.63, 3.8) is 0 Å². The van der Waals surface area contributed by atoms with Crippen molar-refractivity contribution in [3.8, 4) is 6.07 Å². The first-order chi connectivity index (χ1) is 5.24. The largest absolute Gasteiger partial charge is 0.489 e. The first-order valence-electron chi connectivity index (χ1n) is 3.14. The molecule has 0 radical (unpaired) electrons. The Morgan fingerprint density at radius 2 is 2.36 bits per heavy atom. The smallest absolute Gasteiger partial charge is 0.423 e. The SMILES string of the molecule is N#CC1=CC(B(O)O)=CNC1. The third-order valence-electron chi connectivity index (χ3n) is 1.34. The summed E-state index contributed by atoms with van der Waals surface area (Å²) in [6.45, 7) is 0.451. The van der Waals surface area contributed by atoms with Gasteiger partial charge < -0.3 is 15.4 Å². The molecule has 56 valence electrons. The van der Waals surface area contributed by atoms with E-state index in [1.54, 1.807) is 0 Å². The van der Waals surface area contributed by atoms with Crippen LogP contribution in [-0.4, -0.2) is 23.7 Å². The van der Waals surface area contributed by atoms with E-state index in [0.29, 0.717) is 17.6 Å². The number of nitriles is 1. The van der Waals surface area contributed by atoms with Crippen LogP contribution < -0.4 is 5.32 Å². The van der Waals surface area contributed by atoms with E-state index in [-0.39, 0.29) is 0 Å². The van der Waals surface area contributed by atoms with Crippen LogP contribution in [0.3, 0.4) is 0 Å².